The summed E-state index contributed by atoms with van der Waals surface area (Å²) in [6.07, 6.45) is 0.644. The smallest absolute Gasteiger partial charge is 0.307 e. The van der Waals surface area contributed by atoms with Crippen molar-refractivity contribution in [3.8, 4) is 0 Å². The third-order valence-corrected chi connectivity index (χ3v) is 3.66. The van der Waals surface area contributed by atoms with Crippen molar-refractivity contribution in [3.63, 3.8) is 0 Å². The summed E-state index contributed by atoms with van der Waals surface area (Å²) >= 11 is 3.14. The highest BCUT2D eigenvalue weighted by Gasteiger charge is 2.28. The molecule has 0 radical (unpaired) electrons. The molecule has 3 nitrogen and oxygen atoms in total. The molecule has 1 fully saturated rings. The van der Waals surface area contributed by atoms with Gasteiger partial charge in [0.1, 0.15) is 5.82 Å². The molecule has 1 aliphatic heterocycles. The minimum atomic E-state index is -0.762. The van der Waals surface area contributed by atoms with Crippen molar-refractivity contribution in [1.82, 2.24) is 4.90 Å². The van der Waals surface area contributed by atoms with Crippen LogP contribution in [-0.4, -0.2) is 29.1 Å². The maximum absolute atomic E-state index is 13.7. The molecule has 1 atom stereocenters. The van der Waals surface area contributed by atoms with E-state index in [-0.39, 0.29) is 11.7 Å². The van der Waals surface area contributed by atoms with Crippen molar-refractivity contribution in [1.29, 1.82) is 0 Å². The van der Waals surface area contributed by atoms with Gasteiger partial charge in [-0.05, 0) is 35.0 Å². The summed E-state index contributed by atoms with van der Waals surface area (Å²) in [6, 6.07) is 5.17. The summed E-state index contributed by atoms with van der Waals surface area (Å²) in [5.41, 5.74) is 0.602. The lowest BCUT2D eigenvalue weighted by atomic mass is 10.1. The second kappa shape index (κ2) is 5.14. The zero-order chi connectivity index (χ0) is 12.4. The number of carboxylic acid groups (broad SMARTS) is 1. The number of hydrogen-bond acceptors (Lipinski definition) is 2. The summed E-state index contributed by atoms with van der Waals surface area (Å²) in [5, 5.41) is 8.89. The molecule has 1 heterocycles. The number of halogens is 2. The molecule has 1 N–H and O–H groups in total. The average molecular weight is 302 g/mol. The molecule has 0 bridgehead atoms. The van der Waals surface area contributed by atoms with E-state index in [0.717, 1.165) is 0 Å². The van der Waals surface area contributed by atoms with Gasteiger partial charge in [0, 0.05) is 18.7 Å². The lowest BCUT2D eigenvalue weighted by Gasteiger charge is -2.15. The number of carbonyl (C=O) groups is 1. The first-order valence-electron chi connectivity index (χ1n) is 5.46. The van der Waals surface area contributed by atoms with E-state index in [2.05, 4.69) is 15.9 Å². The minimum absolute atomic E-state index is 0.258. The molecule has 0 aliphatic carbocycles. The van der Waals surface area contributed by atoms with Gasteiger partial charge in [0.25, 0.3) is 0 Å². The van der Waals surface area contributed by atoms with E-state index >= 15 is 0 Å². The Kier molecular flexibility index (Phi) is 3.79. The molecule has 92 valence electrons. The van der Waals surface area contributed by atoms with Crippen molar-refractivity contribution in [3.05, 3.63) is 34.1 Å². The van der Waals surface area contributed by atoms with Crippen LogP contribution in [0.1, 0.15) is 12.0 Å². The molecular weight excluding hydrogens is 289 g/mol. The Morgan fingerprint density at radius 3 is 3.00 bits per heavy atom. The highest BCUT2D eigenvalue weighted by atomic mass is 79.9. The molecule has 0 saturated carbocycles. The van der Waals surface area contributed by atoms with Crippen molar-refractivity contribution in [2.45, 2.75) is 13.0 Å². The molecule has 0 amide bonds. The Labute approximate surface area is 107 Å². The van der Waals surface area contributed by atoms with Crippen molar-refractivity contribution in [2.24, 2.45) is 5.92 Å². The second-order valence-corrected chi connectivity index (χ2v) is 5.13. The maximum atomic E-state index is 13.7. The zero-order valence-corrected chi connectivity index (χ0v) is 10.8. The van der Waals surface area contributed by atoms with Gasteiger partial charge in [0.2, 0.25) is 0 Å². The molecule has 5 heteroatoms. The van der Waals surface area contributed by atoms with E-state index in [9.17, 15) is 9.18 Å². The summed E-state index contributed by atoms with van der Waals surface area (Å²) in [7, 11) is 0. The van der Waals surface area contributed by atoms with Crippen LogP contribution in [0.3, 0.4) is 0 Å². The van der Waals surface area contributed by atoms with Crippen LogP contribution >= 0.6 is 15.9 Å². The van der Waals surface area contributed by atoms with Crippen LogP contribution < -0.4 is 0 Å². The lowest BCUT2D eigenvalue weighted by molar-refractivity contribution is -0.141. The molecule has 2 rings (SSSR count). The van der Waals surface area contributed by atoms with Crippen LogP contribution in [0.15, 0.2) is 22.7 Å². The van der Waals surface area contributed by atoms with Gasteiger partial charge >= 0.3 is 5.97 Å². The number of benzene rings is 1. The quantitative estimate of drug-likeness (QED) is 0.932. The van der Waals surface area contributed by atoms with E-state index < -0.39 is 5.97 Å². The lowest BCUT2D eigenvalue weighted by Crippen LogP contribution is -2.23. The highest BCUT2D eigenvalue weighted by molar-refractivity contribution is 9.10. The molecular formula is C12H13BrFNO2. The highest BCUT2D eigenvalue weighted by Crippen LogP contribution is 2.23. The summed E-state index contributed by atoms with van der Waals surface area (Å²) < 4.78 is 14.2. The molecule has 0 spiro atoms. The van der Waals surface area contributed by atoms with Crippen LogP contribution in [0.4, 0.5) is 4.39 Å². The summed E-state index contributed by atoms with van der Waals surface area (Å²) in [6.45, 7) is 1.68. The minimum Gasteiger partial charge on any atom is -0.481 e. The first-order valence-corrected chi connectivity index (χ1v) is 6.25. The molecule has 0 aromatic heterocycles. The van der Waals surface area contributed by atoms with Gasteiger partial charge in [-0.15, -0.1) is 0 Å². The van der Waals surface area contributed by atoms with E-state index in [1.165, 1.54) is 0 Å². The Balaban J connectivity index is 2.03. The predicted molar refractivity (Wildman–Crippen MR) is 65.1 cm³/mol. The van der Waals surface area contributed by atoms with Crippen molar-refractivity contribution in [2.75, 3.05) is 13.1 Å². The average Bonchev–Trinajstić information content (AvgIpc) is 2.73. The van der Waals surface area contributed by atoms with Gasteiger partial charge < -0.3 is 5.11 Å². The Morgan fingerprint density at radius 2 is 2.35 bits per heavy atom. The summed E-state index contributed by atoms with van der Waals surface area (Å²) in [5.74, 6) is -1.33. The summed E-state index contributed by atoms with van der Waals surface area (Å²) in [4.78, 5) is 12.8. The molecule has 1 aromatic carbocycles. The fraction of sp³-hybridized carbons (Fsp3) is 0.417. The van der Waals surface area contributed by atoms with E-state index in [4.69, 9.17) is 5.11 Å². The largest absolute Gasteiger partial charge is 0.481 e. The fourth-order valence-corrected chi connectivity index (χ4v) is 2.50. The molecule has 17 heavy (non-hydrogen) atoms. The Hall–Kier alpha value is -0.940. The van der Waals surface area contributed by atoms with Crippen LogP contribution in [0.5, 0.6) is 0 Å². The van der Waals surface area contributed by atoms with E-state index in [1.54, 1.807) is 18.2 Å². The van der Waals surface area contributed by atoms with Crippen molar-refractivity contribution < 1.29 is 14.3 Å². The van der Waals surface area contributed by atoms with Gasteiger partial charge in [0.05, 0.1) is 10.4 Å². The SMILES string of the molecule is O=C(O)C1CCN(Cc2cccc(Br)c2F)C1. The monoisotopic (exact) mass is 301 g/mol. The number of likely N-dealkylation sites (tertiary alicyclic amines) is 1. The molecule has 1 unspecified atom stereocenters. The predicted octanol–water partition coefficient (Wildman–Crippen LogP) is 2.49. The van der Waals surface area contributed by atoms with Crippen molar-refractivity contribution >= 4 is 21.9 Å². The van der Waals surface area contributed by atoms with Gasteiger partial charge in [-0.25, -0.2) is 4.39 Å². The maximum Gasteiger partial charge on any atom is 0.307 e. The standard InChI is InChI=1S/C12H13BrFNO2/c13-10-3-1-2-8(11(10)14)6-15-5-4-9(7-15)12(16)17/h1-3,9H,4-7H2,(H,16,17). The first kappa shape index (κ1) is 12.5. The molecule has 1 aliphatic rings. The van der Waals surface area contributed by atoms with Gasteiger partial charge in [-0.3, -0.25) is 9.69 Å². The number of rotatable bonds is 3. The zero-order valence-electron chi connectivity index (χ0n) is 9.20. The number of hydrogen-bond donors (Lipinski definition) is 1. The number of aliphatic carboxylic acids is 1. The van der Waals surface area contributed by atoms with E-state index in [0.29, 0.717) is 36.1 Å². The van der Waals surface area contributed by atoms with Crippen LogP contribution in [-0.2, 0) is 11.3 Å². The second-order valence-electron chi connectivity index (χ2n) is 4.27. The normalized spacial score (nSPS) is 20.7. The Morgan fingerprint density at radius 1 is 1.59 bits per heavy atom. The first-order chi connectivity index (χ1) is 8.08. The van der Waals surface area contributed by atoms with Gasteiger partial charge in [-0.2, -0.15) is 0 Å². The van der Waals surface area contributed by atoms with Gasteiger partial charge in [-0.1, -0.05) is 12.1 Å². The van der Waals surface area contributed by atoms with Crippen LogP contribution in [0.2, 0.25) is 0 Å². The van der Waals surface area contributed by atoms with Crippen LogP contribution in [0, 0.1) is 11.7 Å². The van der Waals surface area contributed by atoms with E-state index in [1.807, 2.05) is 4.90 Å². The number of nitrogens with zero attached hydrogens (tertiary/aromatic N) is 1. The van der Waals surface area contributed by atoms with Gasteiger partial charge in [0.15, 0.2) is 0 Å². The fourth-order valence-electron chi connectivity index (χ4n) is 2.09. The number of carboxylic acids is 1. The Bertz CT molecular complexity index is 439. The molecule has 1 saturated heterocycles. The topological polar surface area (TPSA) is 40.5 Å². The van der Waals surface area contributed by atoms with Crippen LogP contribution in [0.25, 0.3) is 0 Å². The molecule has 1 aromatic rings. The third-order valence-electron chi connectivity index (χ3n) is 3.05. The third kappa shape index (κ3) is 2.84.